The molecule has 1 saturated heterocycles. The van der Waals surface area contributed by atoms with Gasteiger partial charge >= 0.3 is 0 Å². The van der Waals surface area contributed by atoms with E-state index < -0.39 is 10.0 Å². The van der Waals surface area contributed by atoms with E-state index in [1.165, 1.54) is 12.8 Å². The van der Waals surface area contributed by atoms with Crippen LogP contribution in [0.15, 0.2) is 27.5 Å². The Labute approximate surface area is 135 Å². The second-order valence-corrected chi connectivity index (χ2v) is 8.20. The van der Waals surface area contributed by atoms with E-state index in [0.29, 0.717) is 11.5 Å². The lowest BCUT2D eigenvalue weighted by molar-refractivity contribution is -0.0271. The first kappa shape index (κ1) is 14.5. The molecule has 0 bridgehead atoms. The molecular formula is C15H17ClN2O3S. The van der Waals surface area contributed by atoms with Crippen LogP contribution >= 0.6 is 11.6 Å². The van der Waals surface area contributed by atoms with Gasteiger partial charge in [0.05, 0.1) is 12.2 Å². The molecule has 1 aromatic carbocycles. The van der Waals surface area contributed by atoms with Crippen molar-refractivity contribution in [3.8, 4) is 0 Å². The van der Waals surface area contributed by atoms with E-state index in [1.807, 2.05) is 6.07 Å². The maximum absolute atomic E-state index is 12.0. The van der Waals surface area contributed by atoms with Gasteiger partial charge in [0.2, 0.25) is 0 Å². The Bertz CT molecular complexity index is 758. The second-order valence-electron chi connectivity index (χ2n) is 6.27. The van der Waals surface area contributed by atoms with Crippen molar-refractivity contribution in [3.05, 3.63) is 23.8 Å². The van der Waals surface area contributed by atoms with Crippen LogP contribution in [0.1, 0.15) is 25.3 Å². The van der Waals surface area contributed by atoms with Crippen LogP contribution < -0.4 is 4.90 Å². The van der Waals surface area contributed by atoms with Gasteiger partial charge in [-0.05, 0) is 43.9 Å². The zero-order chi connectivity index (χ0) is 15.5. The van der Waals surface area contributed by atoms with E-state index in [2.05, 4.69) is 16.2 Å². The second kappa shape index (κ2) is 4.94. The Morgan fingerprint density at radius 2 is 2.09 bits per heavy atom. The van der Waals surface area contributed by atoms with E-state index in [-0.39, 0.29) is 22.3 Å². The van der Waals surface area contributed by atoms with Crippen molar-refractivity contribution in [1.82, 2.24) is 0 Å². The smallest absolute Gasteiger partial charge is 0.284 e. The first-order valence-electron chi connectivity index (χ1n) is 7.49. The third-order valence-corrected chi connectivity index (χ3v) is 6.17. The maximum Gasteiger partial charge on any atom is 0.284 e. The van der Waals surface area contributed by atoms with Gasteiger partial charge in [-0.25, -0.2) is 0 Å². The van der Waals surface area contributed by atoms with Crippen molar-refractivity contribution in [1.29, 1.82) is 0 Å². The number of morpholine rings is 1. The molecule has 2 atom stereocenters. The highest BCUT2D eigenvalue weighted by molar-refractivity contribution is 7.91. The molecule has 1 aliphatic carbocycles. The molecule has 0 radical (unpaired) electrons. The first-order valence-corrected chi connectivity index (χ1v) is 9.31. The predicted octanol–water partition coefficient (Wildman–Crippen LogP) is 2.38. The van der Waals surface area contributed by atoms with Crippen LogP contribution in [-0.2, 0) is 14.8 Å². The van der Waals surface area contributed by atoms with Gasteiger partial charge in [0.1, 0.15) is 4.90 Å². The fourth-order valence-corrected chi connectivity index (χ4v) is 4.83. The highest BCUT2D eigenvalue weighted by atomic mass is 35.5. The summed E-state index contributed by atoms with van der Waals surface area (Å²) in [4.78, 5) is 2.41. The number of halogens is 1. The molecule has 0 N–H and O–H groups in total. The van der Waals surface area contributed by atoms with Gasteiger partial charge < -0.3 is 9.64 Å². The summed E-state index contributed by atoms with van der Waals surface area (Å²) in [5.41, 5.74) is 1.38. The first-order chi connectivity index (χ1) is 10.4. The normalized spacial score (nSPS) is 30.1. The molecule has 0 spiro atoms. The lowest BCUT2D eigenvalue weighted by atomic mass is 10.1. The Balaban J connectivity index is 1.66. The zero-order valence-electron chi connectivity index (χ0n) is 12.2. The molecule has 3 aliphatic rings. The summed E-state index contributed by atoms with van der Waals surface area (Å²) in [5, 5.41) is 0.0488. The van der Waals surface area contributed by atoms with Crippen LogP contribution in [0.25, 0.3) is 0 Å². The molecule has 0 aromatic heterocycles. The van der Waals surface area contributed by atoms with Crippen molar-refractivity contribution < 1.29 is 13.2 Å². The van der Waals surface area contributed by atoms with Gasteiger partial charge in [-0.3, -0.25) is 0 Å². The van der Waals surface area contributed by atoms with Crippen molar-refractivity contribution in [2.24, 2.45) is 10.3 Å². The summed E-state index contributed by atoms with van der Waals surface area (Å²) in [5.74, 6) is 0.654. The van der Waals surface area contributed by atoms with Crippen molar-refractivity contribution >= 4 is 32.5 Å². The lowest BCUT2D eigenvalue weighted by Gasteiger charge is -2.38. The molecule has 2 fully saturated rings. The van der Waals surface area contributed by atoms with Crippen LogP contribution in [-0.4, -0.2) is 38.9 Å². The number of hydrogen-bond acceptors (Lipinski definition) is 4. The highest BCUT2D eigenvalue weighted by Gasteiger charge is 2.38. The number of fused-ring (bicyclic) bond motifs is 1. The summed E-state index contributed by atoms with van der Waals surface area (Å²) < 4.78 is 33.6. The standard InChI is InChI=1S/C15H17ClN2O3S/c1-9-7-18(8-13(21-9)10-2-3-10)11-4-5-12-14(6-11)22(19,20)17-15(12)16/h4-6,9-10,13H,2-3,7-8H2,1H3/t9-,13+/m0/s1. The summed E-state index contributed by atoms with van der Waals surface area (Å²) in [7, 11) is -3.65. The summed E-state index contributed by atoms with van der Waals surface area (Å²) in [6, 6.07) is 5.35. The van der Waals surface area contributed by atoms with E-state index in [9.17, 15) is 8.42 Å². The fraction of sp³-hybridized carbons (Fsp3) is 0.533. The molecule has 22 heavy (non-hydrogen) atoms. The Kier molecular flexibility index (Phi) is 3.25. The van der Waals surface area contributed by atoms with Gasteiger partial charge in [0, 0.05) is 24.3 Å². The maximum atomic E-state index is 12.0. The predicted molar refractivity (Wildman–Crippen MR) is 85.3 cm³/mol. The number of anilines is 1. The van der Waals surface area contributed by atoms with E-state index in [0.717, 1.165) is 18.8 Å². The number of benzene rings is 1. The van der Waals surface area contributed by atoms with Gasteiger partial charge in [0.25, 0.3) is 10.0 Å². The van der Waals surface area contributed by atoms with E-state index in [1.54, 1.807) is 12.1 Å². The largest absolute Gasteiger partial charge is 0.371 e. The summed E-state index contributed by atoms with van der Waals surface area (Å²) >= 11 is 5.90. The van der Waals surface area contributed by atoms with Gasteiger partial charge in [-0.1, -0.05) is 11.6 Å². The minimum absolute atomic E-state index is 0.0488. The summed E-state index contributed by atoms with van der Waals surface area (Å²) in [6.07, 6.45) is 2.85. The molecule has 1 aromatic rings. The Morgan fingerprint density at radius 1 is 1.32 bits per heavy atom. The van der Waals surface area contributed by atoms with Crippen LogP contribution in [0.4, 0.5) is 5.69 Å². The molecule has 2 heterocycles. The highest BCUT2D eigenvalue weighted by Crippen LogP contribution is 2.38. The van der Waals surface area contributed by atoms with Crippen molar-refractivity contribution in [3.63, 3.8) is 0 Å². The quantitative estimate of drug-likeness (QED) is 0.829. The van der Waals surface area contributed by atoms with Gasteiger partial charge in [-0.2, -0.15) is 8.42 Å². The summed E-state index contributed by atoms with van der Waals surface area (Å²) in [6.45, 7) is 3.63. The molecule has 0 amide bonds. The molecule has 2 aliphatic heterocycles. The van der Waals surface area contributed by atoms with E-state index in [4.69, 9.17) is 16.3 Å². The fourth-order valence-electron chi connectivity index (χ4n) is 3.22. The average Bonchev–Trinajstić information content (AvgIpc) is 3.27. The minimum Gasteiger partial charge on any atom is -0.371 e. The molecular weight excluding hydrogens is 324 g/mol. The molecule has 118 valence electrons. The SMILES string of the molecule is C[C@H]1CN(c2ccc3c(c2)S(=O)(=O)N=C3Cl)C[C@H](C2CC2)O1. The zero-order valence-corrected chi connectivity index (χ0v) is 13.8. The lowest BCUT2D eigenvalue weighted by Crippen LogP contribution is -2.47. The van der Waals surface area contributed by atoms with Crippen LogP contribution in [0.2, 0.25) is 0 Å². The van der Waals surface area contributed by atoms with Gasteiger partial charge in [0.15, 0.2) is 5.17 Å². The molecule has 7 heteroatoms. The number of rotatable bonds is 2. The van der Waals surface area contributed by atoms with Crippen molar-refractivity contribution in [2.75, 3.05) is 18.0 Å². The number of sulfonamides is 1. The number of nitrogens with zero attached hydrogens (tertiary/aromatic N) is 2. The molecule has 5 nitrogen and oxygen atoms in total. The van der Waals surface area contributed by atoms with Gasteiger partial charge in [-0.15, -0.1) is 4.40 Å². The van der Waals surface area contributed by atoms with E-state index >= 15 is 0 Å². The van der Waals surface area contributed by atoms with Crippen LogP contribution in [0.5, 0.6) is 0 Å². The third-order valence-electron chi connectivity index (χ3n) is 4.46. The number of ether oxygens (including phenoxy) is 1. The Hall–Kier alpha value is -1.11. The average molecular weight is 341 g/mol. The third kappa shape index (κ3) is 2.43. The van der Waals surface area contributed by atoms with Crippen LogP contribution in [0, 0.1) is 5.92 Å². The Morgan fingerprint density at radius 3 is 2.82 bits per heavy atom. The molecule has 4 rings (SSSR count). The topological polar surface area (TPSA) is 59.0 Å². The number of hydrogen-bond donors (Lipinski definition) is 0. The van der Waals surface area contributed by atoms with Crippen molar-refractivity contribution in [2.45, 2.75) is 36.9 Å². The minimum atomic E-state index is -3.65. The molecule has 1 saturated carbocycles. The molecule has 0 unspecified atom stereocenters. The van der Waals surface area contributed by atoms with Crippen LogP contribution in [0.3, 0.4) is 0 Å². The monoisotopic (exact) mass is 340 g/mol.